The van der Waals surface area contributed by atoms with Gasteiger partial charge in [0, 0.05) is 43.1 Å². The highest BCUT2D eigenvalue weighted by Gasteiger charge is 2.45. The lowest BCUT2D eigenvalue weighted by Crippen LogP contribution is -2.63. The van der Waals surface area contributed by atoms with E-state index in [1.807, 2.05) is 81.3 Å². The number of β-amino-alcohol motifs (C(OH)–C–C–N with tert-alkyl or cyclic N) is 1. The Balaban J connectivity index is 1.49. The third kappa shape index (κ3) is 9.50. The molecule has 10 nitrogen and oxygen atoms in total. The van der Waals surface area contributed by atoms with E-state index in [1.54, 1.807) is 11.3 Å². The molecule has 44 heavy (non-hydrogen) atoms. The van der Waals surface area contributed by atoms with Gasteiger partial charge in [-0.25, -0.2) is 13.2 Å². The van der Waals surface area contributed by atoms with E-state index in [0.717, 1.165) is 18.7 Å². The first-order valence-corrected chi connectivity index (χ1v) is 18.0. The van der Waals surface area contributed by atoms with Crippen LogP contribution in [-0.4, -0.2) is 102 Å². The molecule has 0 radical (unpaired) electrons. The van der Waals surface area contributed by atoms with Crippen molar-refractivity contribution in [1.82, 2.24) is 20.4 Å². The molecular formula is C32H48N4O6S2. The molecule has 244 valence electrons. The van der Waals surface area contributed by atoms with E-state index in [9.17, 15) is 23.1 Å². The first kappa shape index (κ1) is 34.4. The van der Waals surface area contributed by atoms with Crippen LogP contribution in [0.5, 0.6) is 0 Å². The summed E-state index contributed by atoms with van der Waals surface area (Å²) in [7, 11) is -3.34. The Bertz CT molecular complexity index is 1330. The van der Waals surface area contributed by atoms with Gasteiger partial charge in [-0.2, -0.15) is 0 Å². The van der Waals surface area contributed by atoms with Crippen molar-refractivity contribution in [1.29, 1.82) is 0 Å². The van der Waals surface area contributed by atoms with Gasteiger partial charge in [0.05, 0.1) is 17.9 Å². The number of alkyl carbamates (subject to hydrolysis) is 1. The summed E-state index contributed by atoms with van der Waals surface area (Å²) in [4.78, 5) is 32.2. The molecule has 2 aliphatic heterocycles. The number of thiophene rings is 1. The average molecular weight is 649 g/mol. The summed E-state index contributed by atoms with van der Waals surface area (Å²) in [6, 6.07) is 12.4. The zero-order chi connectivity index (χ0) is 32.1. The van der Waals surface area contributed by atoms with E-state index < -0.39 is 51.0 Å². The second-order valence-electron chi connectivity index (χ2n) is 13.4. The summed E-state index contributed by atoms with van der Waals surface area (Å²) in [6.07, 6.45) is -1.92. The van der Waals surface area contributed by atoms with Crippen molar-refractivity contribution >= 4 is 33.2 Å². The predicted molar refractivity (Wildman–Crippen MR) is 173 cm³/mol. The van der Waals surface area contributed by atoms with Gasteiger partial charge in [0.25, 0.3) is 0 Å². The number of aliphatic hydroxyl groups is 1. The molecular weight excluding hydrogens is 601 g/mol. The largest absolute Gasteiger partial charge is 0.445 e. The molecule has 12 heteroatoms. The van der Waals surface area contributed by atoms with Crippen LogP contribution < -0.4 is 10.6 Å². The van der Waals surface area contributed by atoms with Crippen LogP contribution in [0, 0.1) is 5.92 Å². The lowest BCUT2D eigenvalue weighted by atomic mass is 9.99. The molecule has 2 amide bonds. The Hall–Kier alpha value is -2.51. The van der Waals surface area contributed by atoms with E-state index in [0.29, 0.717) is 19.5 Å². The fraction of sp³-hybridized carbons (Fsp3) is 0.625. The lowest BCUT2D eigenvalue weighted by molar-refractivity contribution is -0.131. The van der Waals surface area contributed by atoms with Gasteiger partial charge >= 0.3 is 6.09 Å². The highest BCUT2D eigenvalue weighted by Crippen LogP contribution is 2.29. The fourth-order valence-corrected chi connectivity index (χ4v) is 9.25. The van der Waals surface area contributed by atoms with Crippen LogP contribution in [0.15, 0.2) is 47.8 Å². The third-order valence-electron chi connectivity index (χ3n) is 8.21. The maximum atomic E-state index is 13.5. The average Bonchev–Trinajstić information content (AvgIpc) is 3.55. The smallest absolute Gasteiger partial charge is 0.407 e. The van der Waals surface area contributed by atoms with E-state index in [1.165, 1.54) is 4.88 Å². The van der Waals surface area contributed by atoms with E-state index in [-0.39, 0.29) is 30.5 Å². The topological polar surface area (TPSA) is 128 Å². The van der Waals surface area contributed by atoms with Gasteiger partial charge in [0.15, 0.2) is 9.84 Å². The fourth-order valence-electron chi connectivity index (χ4n) is 6.19. The number of nitrogens with zero attached hydrogens (tertiary/aromatic N) is 2. The van der Waals surface area contributed by atoms with Crippen molar-refractivity contribution in [3.05, 3.63) is 58.3 Å². The molecule has 5 atom stereocenters. The van der Waals surface area contributed by atoms with Crippen molar-refractivity contribution < 1.29 is 27.9 Å². The minimum atomic E-state index is -3.34. The van der Waals surface area contributed by atoms with Crippen LogP contribution in [0.1, 0.15) is 51.5 Å². The van der Waals surface area contributed by atoms with Gasteiger partial charge in [-0.1, -0.05) is 50.2 Å². The normalized spacial score (nSPS) is 24.1. The van der Waals surface area contributed by atoms with Gasteiger partial charge in [0.2, 0.25) is 5.91 Å². The Kier molecular flexibility index (Phi) is 11.5. The predicted octanol–water partition coefficient (Wildman–Crippen LogP) is 3.06. The maximum absolute atomic E-state index is 13.5. The molecule has 0 bridgehead atoms. The Morgan fingerprint density at radius 1 is 1.11 bits per heavy atom. The van der Waals surface area contributed by atoms with Crippen molar-refractivity contribution in [3.63, 3.8) is 0 Å². The molecule has 2 aromatic rings. The van der Waals surface area contributed by atoms with Crippen molar-refractivity contribution in [2.45, 2.75) is 89.1 Å². The van der Waals surface area contributed by atoms with Gasteiger partial charge in [-0.05, 0) is 56.5 Å². The number of ether oxygens (including phenoxy) is 1. The second-order valence-corrected chi connectivity index (χ2v) is 16.7. The SMILES string of the molecule is CC(C)[C@@H]1[C@H](OC(=O)N[C@@H](Cc2ccccc2)[C@H](O)CN2CCN(Cc3cccs3)C[C@H]2C(=O)NC(C)(C)C)CCS1(=O)=O. The van der Waals surface area contributed by atoms with Gasteiger partial charge < -0.3 is 20.5 Å². The number of piperazine rings is 1. The number of nitrogens with one attached hydrogen (secondary N) is 2. The third-order valence-corrected chi connectivity index (χ3v) is 11.6. The van der Waals surface area contributed by atoms with E-state index in [4.69, 9.17) is 4.74 Å². The molecule has 0 aliphatic carbocycles. The highest BCUT2D eigenvalue weighted by atomic mass is 32.2. The van der Waals surface area contributed by atoms with Crippen LogP contribution >= 0.6 is 11.3 Å². The summed E-state index contributed by atoms with van der Waals surface area (Å²) in [5.74, 6) is -0.309. The first-order chi connectivity index (χ1) is 20.7. The number of sulfone groups is 1. The first-order valence-electron chi connectivity index (χ1n) is 15.4. The number of carbonyl (C=O) groups excluding carboxylic acids is 2. The Morgan fingerprint density at radius 2 is 1.84 bits per heavy atom. The molecule has 4 rings (SSSR count). The number of amides is 2. The molecule has 3 heterocycles. The van der Waals surface area contributed by atoms with E-state index in [2.05, 4.69) is 21.6 Å². The van der Waals surface area contributed by atoms with Gasteiger partial charge in [-0.3, -0.25) is 14.6 Å². The number of hydrogen-bond donors (Lipinski definition) is 3. The molecule has 0 spiro atoms. The van der Waals surface area contributed by atoms with Crippen molar-refractivity contribution in [2.24, 2.45) is 5.92 Å². The Labute approximate surface area is 266 Å². The zero-order valence-corrected chi connectivity index (χ0v) is 28.1. The highest BCUT2D eigenvalue weighted by molar-refractivity contribution is 7.92. The van der Waals surface area contributed by atoms with Crippen LogP contribution in [0.3, 0.4) is 0 Å². The number of aliphatic hydroxyl groups excluding tert-OH is 1. The molecule has 1 aromatic carbocycles. The number of rotatable bonds is 11. The number of benzene rings is 1. The van der Waals surface area contributed by atoms with E-state index >= 15 is 0 Å². The molecule has 1 aromatic heterocycles. The second kappa shape index (κ2) is 14.7. The number of hydrogen-bond acceptors (Lipinski definition) is 9. The summed E-state index contributed by atoms with van der Waals surface area (Å²) in [5.41, 5.74) is 0.503. The quantitative estimate of drug-likeness (QED) is 0.339. The van der Waals surface area contributed by atoms with Crippen LogP contribution in [0.25, 0.3) is 0 Å². The molecule has 0 saturated carbocycles. The summed E-state index contributed by atoms with van der Waals surface area (Å²) >= 11 is 1.69. The lowest BCUT2D eigenvalue weighted by Gasteiger charge is -2.42. The van der Waals surface area contributed by atoms with Gasteiger partial charge in [0.1, 0.15) is 17.4 Å². The summed E-state index contributed by atoms with van der Waals surface area (Å²) < 4.78 is 30.8. The van der Waals surface area contributed by atoms with Crippen molar-refractivity contribution in [3.8, 4) is 0 Å². The summed E-state index contributed by atoms with van der Waals surface area (Å²) in [6.45, 7) is 12.2. The monoisotopic (exact) mass is 648 g/mol. The molecule has 2 saturated heterocycles. The number of carbonyl (C=O) groups is 2. The molecule has 3 N–H and O–H groups in total. The minimum absolute atomic E-state index is 0.0135. The van der Waals surface area contributed by atoms with Gasteiger partial charge in [-0.15, -0.1) is 11.3 Å². The maximum Gasteiger partial charge on any atom is 0.407 e. The standard InChI is InChI=1S/C32H48N4O6S2/c1-22(2)29-28(13-17-44(29,40)41)42-31(39)33-25(18-23-10-7-6-8-11-23)27(37)21-36-15-14-35(19-24-12-9-16-43-24)20-26(36)30(38)34-32(3,4)5/h6-12,16,22,25-29,37H,13-15,17-21H2,1-5H3,(H,33,39)(H,34,38)/t25-,26-,27+,28+,29+/m0/s1. The molecule has 0 unspecified atom stereocenters. The van der Waals surface area contributed by atoms with Crippen LogP contribution in [0.2, 0.25) is 0 Å². The Morgan fingerprint density at radius 3 is 2.48 bits per heavy atom. The van der Waals surface area contributed by atoms with Crippen LogP contribution in [-0.2, 0) is 32.3 Å². The van der Waals surface area contributed by atoms with Crippen molar-refractivity contribution in [2.75, 3.05) is 31.9 Å². The summed E-state index contributed by atoms with van der Waals surface area (Å²) in [5, 5.41) is 18.9. The minimum Gasteiger partial charge on any atom is -0.445 e. The molecule has 2 fully saturated rings. The molecule has 2 aliphatic rings. The zero-order valence-electron chi connectivity index (χ0n) is 26.4. The van der Waals surface area contributed by atoms with Crippen LogP contribution in [0.4, 0.5) is 4.79 Å².